The lowest BCUT2D eigenvalue weighted by Crippen LogP contribution is -2.48. The summed E-state index contributed by atoms with van der Waals surface area (Å²) in [4.78, 5) is 13.8. The first-order valence-electron chi connectivity index (χ1n) is 5.55. The number of hydrogen-bond donors (Lipinski definition) is 0. The molecular formula is C11H18INO3. The Labute approximate surface area is 110 Å². The predicted molar refractivity (Wildman–Crippen MR) is 68.9 cm³/mol. The molecule has 0 aromatic rings. The van der Waals surface area contributed by atoms with Crippen LogP contribution in [0.4, 0.5) is 4.79 Å². The minimum absolute atomic E-state index is 0.109. The molecule has 0 aliphatic carbocycles. The van der Waals surface area contributed by atoms with Crippen LogP contribution in [0.15, 0.2) is 0 Å². The molecule has 16 heavy (non-hydrogen) atoms. The molecule has 2 heterocycles. The van der Waals surface area contributed by atoms with Gasteiger partial charge >= 0.3 is 6.09 Å². The van der Waals surface area contributed by atoms with Gasteiger partial charge in [-0.05, 0) is 20.8 Å². The number of alkyl halides is 1. The van der Waals surface area contributed by atoms with Crippen molar-refractivity contribution in [3.05, 3.63) is 0 Å². The van der Waals surface area contributed by atoms with E-state index in [4.69, 9.17) is 9.47 Å². The third kappa shape index (κ3) is 2.30. The van der Waals surface area contributed by atoms with Crippen LogP contribution in [-0.4, -0.2) is 45.8 Å². The zero-order valence-corrected chi connectivity index (χ0v) is 12.1. The molecule has 1 amide bonds. The average Bonchev–Trinajstić information content (AvgIpc) is 2.72. The molecule has 0 saturated carbocycles. The van der Waals surface area contributed by atoms with E-state index in [2.05, 4.69) is 22.6 Å². The van der Waals surface area contributed by atoms with Gasteiger partial charge in [0, 0.05) is 10.8 Å². The number of ether oxygens (including phenoxy) is 2. The van der Waals surface area contributed by atoms with Crippen molar-refractivity contribution in [2.45, 2.75) is 44.4 Å². The van der Waals surface area contributed by atoms with Gasteiger partial charge in [-0.15, -0.1) is 0 Å². The molecule has 2 atom stereocenters. The van der Waals surface area contributed by atoms with E-state index in [1.807, 2.05) is 25.7 Å². The minimum Gasteiger partial charge on any atom is -0.444 e. The molecule has 0 spiro atoms. The van der Waals surface area contributed by atoms with Gasteiger partial charge in [-0.3, -0.25) is 4.90 Å². The van der Waals surface area contributed by atoms with Gasteiger partial charge in [0.1, 0.15) is 5.60 Å². The molecule has 2 aliphatic heterocycles. The van der Waals surface area contributed by atoms with Gasteiger partial charge in [-0.2, -0.15) is 0 Å². The second-order valence-corrected chi connectivity index (χ2v) is 6.36. The molecule has 92 valence electrons. The highest BCUT2D eigenvalue weighted by atomic mass is 127. The van der Waals surface area contributed by atoms with Crippen molar-refractivity contribution in [2.75, 3.05) is 17.6 Å². The Hall–Kier alpha value is -0.0400. The maximum absolute atomic E-state index is 12.0. The standard InChI is InChI=1S/C11H18INO3/c1-10(2,3)16-9(14)13-7-11(6-12)4-8(13)5-15-11/h8H,4-7H2,1-3H3. The highest BCUT2D eigenvalue weighted by molar-refractivity contribution is 14.1. The third-order valence-electron chi connectivity index (χ3n) is 2.96. The highest BCUT2D eigenvalue weighted by Crippen LogP contribution is 2.39. The van der Waals surface area contributed by atoms with Gasteiger partial charge < -0.3 is 9.47 Å². The fraction of sp³-hybridized carbons (Fsp3) is 0.909. The summed E-state index contributed by atoms with van der Waals surface area (Å²) in [5.41, 5.74) is -0.528. The monoisotopic (exact) mass is 339 g/mol. The number of hydrogen-bond acceptors (Lipinski definition) is 3. The molecule has 2 aliphatic rings. The Bertz CT molecular complexity index is 302. The van der Waals surface area contributed by atoms with Crippen LogP contribution in [0, 0.1) is 0 Å². The Morgan fingerprint density at radius 3 is 2.81 bits per heavy atom. The zero-order chi connectivity index (χ0) is 12.0. The van der Waals surface area contributed by atoms with Crippen LogP contribution in [0.25, 0.3) is 0 Å². The van der Waals surface area contributed by atoms with Gasteiger partial charge in [0.2, 0.25) is 0 Å². The van der Waals surface area contributed by atoms with E-state index in [9.17, 15) is 4.79 Å². The van der Waals surface area contributed by atoms with Crippen molar-refractivity contribution >= 4 is 28.7 Å². The largest absolute Gasteiger partial charge is 0.444 e. The summed E-state index contributed by atoms with van der Waals surface area (Å²) in [5, 5.41) is 0. The second-order valence-electron chi connectivity index (χ2n) is 5.59. The van der Waals surface area contributed by atoms with Crippen LogP contribution in [-0.2, 0) is 9.47 Å². The molecule has 0 aromatic carbocycles. The lowest BCUT2D eigenvalue weighted by molar-refractivity contribution is -0.0402. The molecule has 5 heteroatoms. The van der Waals surface area contributed by atoms with Crippen molar-refractivity contribution in [1.29, 1.82) is 0 Å². The van der Waals surface area contributed by atoms with Gasteiger partial charge in [-0.1, -0.05) is 22.6 Å². The summed E-state index contributed by atoms with van der Waals surface area (Å²) in [6.07, 6.45) is 0.752. The minimum atomic E-state index is -0.419. The van der Waals surface area contributed by atoms with Crippen LogP contribution in [0.5, 0.6) is 0 Å². The summed E-state index contributed by atoms with van der Waals surface area (Å²) in [6, 6.07) is 0.213. The maximum atomic E-state index is 12.0. The molecule has 2 unspecified atom stereocenters. The van der Waals surface area contributed by atoms with Crippen LogP contribution >= 0.6 is 22.6 Å². The molecule has 0 radical (unpaired) electrons. The van der Waals surface area contributed by atoms with Gasteiger partial charge in [0.25, 0.3) is 0 Å². The normalized spacial score (nSPS) is 33.2. The SMILES string of the molecule is CC(C)(C)OC(=O)N1CC2(CI)CC1CO2. The van der Waals surface area contributed by atoms with Crippen molar-refractivity contribution in [1.82, 2.24) is 4.90 Å². The Balaban J connectivity index is 2.01. The van der Waals surface area contributed by atoms with Gasteiger partial charge in [-0.25, -0.2) is 4.79 Å². The zero-order valence-electron chi connectivity index (χ0n) is 9.96. The maximum Gasteiger partial charge on any atom is 0.410 e. The third-order valence-corrected chi connectivity index (χ3v) is 4.35. The first kappa shape index (κ1) is 12.4. The average molecular weight is 339 g/mol. The smallest absolute Gasteiger partial charge is 0.410 e. The molecule has 0 aromatic heterocycles. The van der Waals surface area contributed by atoms with E-state index in [0.717, 1.165) is 10.8 Å². The fourth-order valence-electron chi connectivity index (χ4n) is 2.24. The molecule has 2 rings (SSSR count). The summed E-state index contributed by atoms with van der Waals surface area (Å²) in [6.45, 7) is 7.01. The first-order chi connectivity index (χ1) is 7.35. The highest BCUT2D eigenvalue weighted by Gasteiger charge is 2.52. The lowest BCUT2D eigenvalue weighted by Gasteiger charge is -2.33. The van der Waals surface area contributed by atoms with Crippen LogP contribution < -0.4 is 0 Å². The summed E-state index contributed by atoms with van der Waals surface area (Å²) in [7, 11) is 0. The van der Waals surface area contributed by atoms with Crippen LogP contribution in [0.2, 0.25) is 0 Å². The van der Waals surface area contributed by atoms with E-state index < -0.39 is 5.60 Å². The van der Waals surface area contributed by atoms with E-state index in [1.165, 1.54) is 0 Å². The second kappa shape index (κ2) is 4.01. The molecule has 4 nitrogen and oxygen atoms in total. The summed E-state index contributed by atoms with van der Waals surface area (Å²) < 4.78 is 12.1. The number of halogens is 1. The molecule has 2 fully saturated rings. The summed E-state index contributed by atoms with van der Waals surface area (Å²) in [5.74, 6) is 0. The van der Waals surface area contributed by atoms with Crippen molar-refractivity contribution in [3.63, 3.8) is 0 Å². The molecule has 2 bridgehead atoms. The molecule has 2 saturated heterocycles. The number of likely N-dealkylation sites (tertiary alicyclic amines) is 1. The first-order valence-corrected chi connectivity index (χ1v) is 7.07. The van der Waals surface area contributed by atoms with E-state index in [1.54, 1.807) is 0 Å². The lowest BCUT2D eigenvalue weighted by atomic mass is 10.1. The number of rotatable bonds is 1. The van der Waals surface area contributed by atoms with Crippen LogP contribution in [0.3, 0.4) is 0 Å². The fourth-order valence-corrected chi connectivity index (χ4v) is 3.01. The Kier molecular flexibility index (Phi) is 3.11. The predicted octanol–water partition coefficient (Wildman–Crippen LogP) is 2.20. The number of amides is 1. The number of carbonyl (C=O) groups excluding carboxylic acids is 1. The number of morpholine rings is 1. The number of nitrogens with zero attached hydrogens (tertiary/aromatic N) is 1. The van der Waals surface area contributed by atoms with E-state index >= 15 is 0 Å². The molecule has 0 N–H and O–H groups in total. The quantitative estimate of drug-likeness (QED) is 0.543. The van der Waals surface area contributed by atoms with E-state index in [-0.39, 0.29) is 17.7 Å². The molecular weight excluding hydrogens is 321 g/mol. The van der Waals surface area contributed by atoms with Gasteiger partial charge in [0.15, 0.2) is 0 Å². The van der Waals surface area contributed by atoms with Gasteiger partial charge in [0.05, 0.1) is 24.8 Å². The van der Waals surface area contributed by atoms with Crippen molar-refractivity contribution in [2.24, 2.45) is 0 Å². The summed E-state index contributed by atoms with van der Waals surface area (Å²) >= 11 is 2.33. The van der Waals surface area contributed by atoms with Crippen LogP contribution in [0.1, 0.15) is 27.2 Å². The Morgan fingerprint density at radius 1 is 1.62 bits per heavy atom. The van der Waals surface area contributed by atoms with Crippen molar-refractivity contribution in [3.8, 4) is 0 Å². The number of fused-ring (bicyclic) bond motifs is 2. The number of carbonyl (C=O) groups is 1. The topological polar surface area (TPSA) is 38.8 Å². The van der Waals surface area contributed by atoms with Crippen molar-refractivity contribution < 1.29 is 14.3 Å². The van der Waals surface area contributed by atoms with E-state index in [0.29, 0.717) is 13.2 Å². The Morgan fingerprint density at radius 2 is 2.31 bits per heavy atom.